The second-order valence-corrected chi connectivity index (χ2v) is 19.3. The van der Waals surface area contributed by atoms with E-state index in [0.717, 1.165) is 25.7 Å². The van der Waals surface area contributed by atoms with Crippen molar-refractivity contribution in [3.8, 4) is 5.69 Å². The maximum absolute atomic E-state index is 2.52. The first-order chi connectivity index (χ1) is 33.2. The molecule has 0 unspecified atom stereocenters. The van der Waals surface area contributed by atoms with Crippen LogP contribution in [0, 0.1) is 0 Å². The third kappa shape index (κ3) is 6.08. The molecule has 0 bridgehead atoms. The lowest BCUT2D eigenvalue weighted by Crippen LogP contribution is -2.18. The Labute approximate surface area is 393 Å². The highest BCUT2D eigenvalue weighted by Gasteiger charge is 2.23. The lowest BCUT2D eigenvalue weighted by molar-refractivity contribution is 0.930. The summed E-state index contributed by atoms with van der Waals surface area (Å²) in [5.74, 6) is 0. The molecule has 12 aromatic rings. The summed E-state index contributed by atoms with van der Waals surface area (Å²) in [5.41, 5.74) is 14.1. The fourth-order valence-corrected chi connectivity index (χ4v) is 12.8. The monoisotopic (exact) mass is 872 g/mol. The lowest BCUT2D eigenvalue weighted by Gasteiger charge is -2.30. The van der Waals surface area contributed by atoms with Crippen molar-refractivity contribution in [3.05, 3.63) is 246 Å². The quantitative estimate of drug-likeness (QED) is 0.151. The van der Waals surface area contributed by atoms with Gasteiger partial charge in [0.25, 0.3) is 0 Å². The number of aromatic nitrogens is 1. The van der Waals surface area contributed by atoms with Crippen LogP contribution in [-0.2, 0) is 6.42 Å². The molecule has 0 amide bonds. The van der Waals surface area contributed by atoms with E-state index in [0.29, 0.717) is 0 Å². The topological polar surface area (TPSA) is 8.17 Å². The van der Waals surface area contributed by atoms with Crippen molar-refractivity contribution < 1.29 is 0 Å². The molecule has 0 saturated heterocycles. The van der Waals surface area contributed by atoms with Crippen molar-refractivity contribution in [2.75, 3.05) is 4.90 Å². The summed E-state index contributed by atoms with van der Waals surface area (Å²) in [7, 11) is 0. The van der Waals surface area contributed by atoms with Gasteiger partial charge in [0.15, 0.2) is 0 Å². The molecule has 2 aliphatic rings. The van der Waals surface area contributed by atoms with E-state index in [2.05, 4.69) is 228 Å². The van der Waals surface area contributed by atoms with Crippen molar-refractivity contribution in [3.63, 3.8) is 0 Å². The molecule has 3 heteroatoms. The minimum absolute atomic E-state index is 0.913. The van der Waals surface area contributed by atoms with Crippen molar-refractivity contribution in [2.24, 2.45) is 0 Å². The van der Waals surface area contributed by atoms with Crippen molar-refractivity contribution in [1.29, 1.82) is 0 Å². The van der Waals surface area contributed by atoms with Crippen molar-refractivity contribution in [2.45, 2.75) is 25.7 Å². The van der Waals surface area contributed by atoms with E-state index in [1.807, 2.05) is 11.3 Å². The standard InChI is InChI=1S/C64H44N2S/c1-2-15-48-42(13-1)14-11-25-60(48)66-61-24-9-7-20-55(61)59-39-44(31-38-62(59)66)41-27-32-45(33-28-41)65(47-36-37-54-52-18-4-3-16-50(52)51-17-5-6-19-53(51)58(54)40-47)46-34-29-43(30-35-46)49-22-12-23-57-56-21-8-10-26-63(56)67-64(49)57/h1-11,13-22,24-27,29-32,34-40H,12,23,28,33H2. The van der Waals surface area contributed by atoms with Gasteiger partial charge in [0.05, 0.1) is 16.7 Å². The summed E-state index contributed by atoms with van der Waals surface area (Å²) in [6, 6.07) is 74.6. The van der Waals surface area contributed by atoms with Crippen LogP contribution in [0.25, 0.3) is 91.8 Å². The molecule has 67 heavy (non-hydrogen) atoms. The molecule has 0 atom stereocenters. The highest BCUT2D eigenvalue weighted by molar-refractivity contribution is 7.20. The van der Waals surface area contributed by atoms with E-state index in [1.54, 1.807) is 0 Å². The van der Waals surface area contributed by atoms with Crippen LogP contribution in [0.4, 0.5) is 11.4 Å². The molecular weight excluding hydrogens is 829 g/mol. The summed E-state index contributed by atoms with van der Waals surface area (Å²) in [4.78, 5) is 3.94. The first-order valence-electron chi connectivity index (χ1n) is 23.6. The number of thiophene rings is 1. The number of nitrogens with zero attached hydrogens (tertiary/aromatic N) is 2. The Morgan fingerprint density at radius 3 is 1.82 bits per heavy atom. The summed E-state index contributed by atoms with van der Waals surface area (Å²) >= 11 is 1.94. The number of para-hydroxylation sites is 1. The zero-order valence-electron chi connectivity index (χ0n) is 36.9. The summed E-state index contributed by atoms with van der Waals surface area (Å²) in [6.07, 6.45) is 11.2. The Morgan fingerprint density at radius 1 is 0.418 bits per heavy atom. The number of hydrogen-bond acceptors (Lipinski definition) is 2. The molecule has 316 valence electrons. The molecule has 0 spiro atoms. The molecule has 0 fully saturated rings. The van der Waals surface area contributed by atoms with Crippen LogP contribution in [0.1, 0.15) is 40.8 Å². The van der Waals surface area contributed by atoms with Gasteiger partial charge in [-0.2, -0.15) is 0 Å². The van der Waals surface area contributed by atoms with Gasteiger partial charge in [0.1, 0.15) is 0 Å². The zero-order valence-corrected chi connectivity index (χ0v) is 37.7. The minimum Gasteiger partial charge on any atom is -0.314 e. The molecular formula is C64H44N2S. The van der Waals surface area contributed by atoms with Crippen molar-refractivity contribution >= 4 is 109 Å². The molecule has 2 aliphatic carbocycles. The van der Waals surface area contributed by atoms with Crippen LogP contribution in [0.3, 0.4) is 0 Å². The molecule has 2 nitrogen and oxygen atoms in total. The Kier molecular flexibility index (Phi) is 8.75. The average Bonchev–Trinajstić information content (AvgIpc) is 3.95. The van der Waals surface area contributed by atoms with Gasteiger partial charge in [0.2, 0.25) is 0 Å². The zero-order chi connectivity index (χ0) is 44.0. The maximum Gasteiger partial charge on any atom is 0.0541 e. The Balaban J connectivity index is 0.891. The Morgan fingerprint density at radius 2 is 1.04 bits per heavy atom. The van der Waals surface area contributed by atoms with E-state index in [9.17, 15) is 0 Å². The number of rotatable bonds is 6. The lowest BCUT2D eigenvalue weighted by atomic mass is 9.91. The molecule has 0 aliphatic heterocycles. The average molecular weight is 873 g/mol. The van der Waals surface area contributed by atoms with Gasteiger partial charge >= 0.3 is 0 Å². The number of aryl methyl sites for hydroxylation is 1. The van der Waals surface area contributed by atoms with Gasteiger partial charge in [-0.05, 0) is 157 Å². The predicted molar refractivity (Wildman–Crippen MR) is 288 cm³/mol. The highest BCUT2D eigenvalue weighted by Crippen LogP contribution is 2.45. The number of benzene rings is 10. The van der Waals surface area contributed by atoms with Crippen LogP contribution >= 0.6 is 11.3 Å². The molecule has 14 rings (SSSR count). The number of anilines is 2. The van der Waals surface area contributed by atoms with E-state index >= 15 is 0 Å². The minimum atomic E-state index is 0.913. The van der Waals surface area contributed by atoms with E-state index in [1.165, 1.54) is 130 Å². The van der Waals surface area contributed by atoms with Gasteiger partial charge in [0, 0.05) is 42.8 Å². The van der Waals surface area contributed by atoms with Gasteiger partial charge in [-0.15, -0.1) is 11.3 Å². The molecule has 0 N–H and O–H groups in total. The molecule has 10 aromatic carbocycles. The van der Waals surface area contributed by atoms with Crippen molar-refractivity contribution in [1.82, 2.24) is 4.57 Å². The normalized spacial score (nSPS) is 14.0. The van der Waals surface area contributed by atoms with Crippen LogP contribution in [0.2, 0.25) is 0 Å². The third-order valence-electron chi connectivity index (χ3n) is 14.6. The first-order valence-corrected chi connectivity index (χ1v) is 24.4. The highest BCUT2D eigenvalue weighted by atomic mass is 32.1. The summed E-state index contributed by atoms with van der Waals surface area (Å²) < 4.78 is 3.83. The second kappa shape index (κ2) is 15.3. The summed E-state index contributed by atoms with van der Waals surface area (Å²) in [5, 5.41) is 14.2. The Hall–Kier alpha value is -7.98. The largest absolute Gasteiger partial charge is 0.314 e. The van der Waals surface area contributed by atoms with Crippen LogP contribution in [0.15, 0.2) is 224 Å². The van der Waals surface area contributed by atoms with E-state index in [-0.39, 0.29) is 0 Å². The van der Waals surface area contributed by atoms with E-state index in [4.69, 9.17) is 0 Å². The molecule has 0 saturated carbocycles. The second-order valence-electron chi connectivity index (χ2n) is 18.2. The number of hydrogen-bond donors (Lipinski definition) is 0. The number of fused-ring (bicyclic) bond motifs is 13. The van der Waals surface area contributed by atoms with Gasteiger partial charge < -0.3 is 9.47 Å². The third-order valence-corrected chi connectivity index (χ3v) is 15.8. The smallest absolute Gasteiger partial charge is 0.0541 e. The van der Waals surface area contributed by atoms with Gasteiger partial charge in [-0.1, -0.05) is 158 Å². The fourth-order valence-electron chi connectivity index (χ4n) is 11.5. The maximum atomic E-state index is 2.52. The molecule has 2 heterocycles. The first kappa shape index (κ1) is 38.3. The fraction of sp³-hybridized carbons (Fsp3) is 0.0625. The molecule has 0 radical (unpaired) electrons. The van der Waals surface area contributed by atoms with Crippen LogP contribution < -0.4 is 4.90 Å². The van der Waals surface area contributed by atoms with Crippen LogP contribution in [-0.4, -0.2) is 4.57 Å². The Bertz CT molecular complexity index is 4060. The SMILES string of the molecule is C1=C(c2ccc3c(c2)c2ccccc2n3-c2cccc3ccccc23)CCC(N(c2ccc(C3=CCCc4c3sc3ccccc43)cc2)c2ccc3c4ccccc4c4ccccc4c3c2)=C1. The van der Waals surface area contributed by atoms with E-state index < -0.39 is 0 Å². The number of allylic oxidation sites excluding steroid dienone is 5. The summed E-state index contributed by atoms with van der Waals surface area (Å²) in [6.45, 7) is 0. The predicted octanol–water partition coefficient (Wildman–Crippen LogP) is 17.9. The van der Waals surface area contributed by atoms with Gasteiger partial charge in [-0.3, -0.25) is 0 Å². The van der Waals surface area contributed by atoms with Gasteiger partial charge in [-0.25, -0.2) is 0 Å². The van der Waals surface area contributed by atoms with Crippen LogP contribution in [0.5, 0.6) is 0 Å². The molecule has 2 aromatic heterocycles.